The number of hydrogen-bond donors (Lipinski definition) is 3. The minimum atomic E-state index is -1.09. The van der Waals surface area contributed by atoms with Crippen LogP contribution in [-0.2, 0) is 18.4 Å². The van der Waals surface area contributed by atoms with Crippen molar-refractivity contribution in [1.29, 1.82) is 0 Å². The number of carbonyl (C=O) groups excluding carboxylic acids is 1. The molecule has 0 unspecified atom stereocenters. The molecule has 0 aromatic carbocycles. The van der Waals surface area contributed by atoms with E-state index in [9.17, 15) is 14.7 Å². The maximum atomic E-state index is 11.9. The molecule has 1 aromatic rings. The van der Waals surface area contributed by atoms with Crippen LogP contribution < -0.4 is 10.6 Å². The number of carboxylic acid groups (broad SMARTS) is 1. The van der Waals surface area contributed by atoms with Crippen molar-refractivity contribution >= 4 is 12.0 Å². The van der Waals surface area contributed by atoms with Crippen molar-refractivity contribution in [3.63, 3.8) is 0 Å². The Labute approximate surface area is 118 Å². The fourth-order valence-electron chi connectivity index (χ4n) is 1.48. The molecule has 0 saturated heterocycles. The Morgan fingerprint density at radius 3 is 2.40 bits per heavy atom. The van der Waals surface area contributed by atoms with E-state index >= 15 is 0 Å². The highest BCUT2D eigenvalue weighted by Crippen LogP contribution is 2.30. The molecule has 0 aliphatic carbocycles. The normalized spacial score (nSPS) is 12.1. The van der Waals surface area contributed by atoms with Crippen molar-refractivity contribution in [2.75, 3.05) is 0 Å². The quantitative estimate of drug-likeness (QED) is 0.753. The maximum Gasteiger partial charge on any atom is 0.315 e. The van der Waals surface area contributed by atoms with Gasteiger partial charge < -0.3 is 15.7 Å². The van der Waals surface area contributed by atoms with E-state index in [1.165, 1.54) is 0 Å². The Bertz CT molecular complexity index is 505. The Kier molecular flexibility index (Phi) is 4.42. The van der Waals surface area contributed by atoms with E-state index in [0.717, 1.165) is 5.69 Å². The second-order valence-electron chi connectivity index (χ2n) is 5.84. The predicted molar refractivity (Wildman–Crippen MR) is 74.1 cm³/mol. The number of carboxylic acids is 1. The fraction of sp³-hybridized carbons (Fsp3) is 0.615. The Balaban J connectivity index is 2.59. The molecule has 0 atom stereocenters. The lowest BCUT2D eigenvalue weighted by Crippen LogP contribution is -2.58. The molecule has 0 bridgehead atoms. The van der Waals surface area contributed by atoms with Gasteiger partial charge in [-0.25, -0.2) is 4.79 Å². The minimum Gasteiger partial charge on any atom is -0.481 e. The van der Waals surface area contributed by atoms with E-state index in [0.29, 0.717) is 0 Å². The van der Waals surface area contributed by atoms with Crippen LogP contribution in [0.2, 0.25) is 0 Å². The first-order chi connectivity index (χ1) is 9.06. The molecule has 0 aliphatic rings. The van der Waals surface area contributed by atoms with E-state index in [-0.39, 0.29) is 6.54 Å². The zero-order valence-corrected chi connectivity index (χ0v) is 12.5. The van der Waals surface area contributed by atoms with Crippen LogP contribution in [0, 0.1) is 5.41 Å². The monoisotopic (exact) mass is 282 g/mol. The van der Waals surface area contributed by atoms with Gasteiger partial charge in [-0.3, -0.25) is 9.48 Å². The molecule has 7 nitrogen and oxygen atoms in total. The van der Waals surface area contributed by atoms with Gasteiger partial charge in [0.25, 0.3) is 0 Å². The Morgan fingerprint density at radius 1 is 1.35 bits per heavy atom. The molecule has 1 aromatic heterocycles. The van der Waals surface area contributed by atoms with E-state index in [4.69, 9.17) is 0 Å². The highest BCUT2D eigenvalue weighted by Gasteiger charge is 2.44. The van der Waals surface area contributed by atoms with Crippen LogP contribution in [0.25, 0.3) is 0 Å². The van der Waals surface area contributed by atoms with Crippen molar-refractivity contribution in [2.45, 2.75) is 39.8 Å². The molecule has 2 amide bonds. The van der Waals surface area contributed by atoms with Crippen molar-refractivity contribution in [3.05, 3.63) is 18.0 Å². The van der Waals surface area contributed by atoms with Crippen LogP contribution in [0.3, 0.4) is 0 Å². The van der Waals surface area contributed by atoms with Gasteiger partial charge >= 0.3 is 12.0 Å². The number of hydrogen-bond acceptors (Lipinski definition) is 3. The van der Waals surface area contributed by atoms with Gasteiger partial charge in [-0.1, -0.05) is 0 Å². The lowest BCUT2D eigenvalue weighted by atomic mass is 9.74. The van der Waals surface area contributed by atoms with Crippen LogP contribution >= 0.6 is 0 Å². The number of carbonyl (C=O) groups is 2. The summed E-state index contributed by atoms with van der Waals surface area (Å²) < 4.78 is 1.65. The summed E-state index contributed by atoms with van der Waals surface area (Å²) in [7, 11) is 1.79. The Morgan fingerprint density at radius 2 is 1.95 bits per heavy atom. The summed E-state index contributed by atoms with van der Waals surface area (Å²) in [5, 5.41) is 18.7. The van der Waals surface area contributed by atoms with Gasteiger partial charge in [-0.2, -0.15) is 5.10 Å². The number of aliphatic carboxylic acids is 1. The van der Waals surface area contributed by atoms with Crippen molar-refractivity contribution in [3.8, 4) is 0 Å². The van der Waals surface area contributed by atoms with Gasteiger partial charge in [0.1, 0.15) is 0 Å². The number of urea groups is 1. The fourth-order valence-corrected chi connectivity index (χ4v) is 1.48. The summed E-state index contributed by atoms with van der Waals surface area (Å²) in [5.74, 6) is -0.965. The van der Waals surface area contributed by atoms with Crippen LogP contribution in [0.15, 0.2) is 12.3 Å². The van der Waals surface area contributed by atoms with Crippen LogP contribution in [-0.4, -0.2) is 32.4 Å². The minimum absolute atomic E-state index is 0.288. The summed E-state index contributed by atoms with van der Waals surface area (Å²) >= 11 is 0. The lowest BCUT2D eigenvalue weighted by Gasteiger charge is -2.38. The SMILES string of the molecule is Cn1ccc(CNC(=O)NC(C)(C)C(C)(C)C(=O)O)n1. The molecule has 0 radical (unpaired) electrons. The summed E-state index contributed by atoms with van der Waals surface area (Å²) in [4.78, 5) is 23.1. The molecular weight excluding hydrogens is 260 g/mol. The highest BCUT2D eigenvalue weighted by atomic mass is 16.4. The third-order valence-electron chi connectivity index (χ3n) is 3.72. The molecule has 20 heavy (non-hydrogen) atoms. The van der Waals surface area contributed by atoms with Gasteiger partial charge in [0.05, 0.1) is 23.2 Å². The molecule has 0 saturated carbocycles. The van der Waals surface area contributed by atoms with Gasteiger partial charge in [-0.15, -0.1) is 0 Å². The third-order valence-corrected chi connectivity index (χ3v) is 3.72. The average molecular weight is 282 g/mol. The largest absolute Gasteiger partial charge is 0.481 e. The maximum absolute atomic E-state index is 11.9. The first-order valence-corrected chi connectivity index (χ1v) is 6.34. The first kappa shape index (κ1) is 16.0. The standard InChI is InChI=1S/C13H22N4O3/c1-12(2,10(18)19)13(3,4)15-11(20)14-8-9-6-7-17(5)16-9/h6-7H,8H2,1-5H3,(H,18,19)(H2,14,15,20). The van der Waals surface area contributed by atoms with Gasteiger partial charge in [0.2, 0.25) is 0 Å². The molecule has 0 fully saturated rings. The predicted octanol–water partition coefficient (Wildman–Crippen LogP) is 1.11. The summed E-state index contributed by atoms with van der Waals surface area (Å²) in [6.07, 6.45) is 1.78. The smallest absolute Gasteiger partial charge is 0.315 e. The summed E-state index contributed by atoms with van der Waals surface area (Å²) in [6.45, 7) is 6.81. The number of rotatable bonds is 5. The molecular formula is C13H22N4O3. The van der Waals surface area contributed by atoms with Crippen LogP contribution in [0.5, 0.6) is 0 Å². The number of aryl methyl sites for hydroxylation is 1. The van der Waals surface area contributed by atoms with Crippen LogP contribution in [0.1, 0.15) is 33.4 Å². The average Bonchev–Trinajstić information content (AvgIpc) is 2.71. The number of nitrogens with one attached hydrogen (secondary N) is 2. The van der Waals surface area contributed by atoms with E-state index in [1.54, 1.807) is 51.7 Å². The summed E-state index contributed by atoms with van der Waals surface area (Å²) in [5.41, 5.74) is -1.25. The number of aromatic nitrogens is 2. The highest BCUT2D eigenvalue weighted by molar-refractivity contribution is 5.79. The Hall–Kier alpha value is -2.05. The first-order valence-electron chi connectivity index (χ1n) is 6.34. The van der Waals surface area contributed by atoms with Crippen molar-refractivity contribution in [2.24, 2.45) is 12.5 Å². The lowest BCUT2D eigenvalue weighted by molar-refractivity contribution is -0.150. The molecule has 0 spiro atoms. The van der Waals surface area contributed by atoms with E-state index < -0.39 is 23.0 Å². The van der Waals surface area contributed by atoms with Crippen molar-refractivity contribution in [1.82, 2.24) is 20.4 Å². The number of nitrogens with zero attached hydrogens (tertiary/aromatic N) is 2. The second kappa shape index (κ2) is 5.52. The van der Waals surface area contributed by atoms with Crippen molar-refractivity contribution < 1.29 is 14.7 Å². The van der Waals surface area contributed by atoms with Crippen LogP contribution in [0.4, 0.5) is 4.79 Å². The molecule has 0 aliphatic heterocycles. The van der Waals surface area contributed by atoms with Gasteiger partial charge in [0.15, 0.2) is 0 Å². The van der Waals surface area contributed by atoms with E-state index in [2.05, 4.69) is 15.7 Å². The molecule has 1 heterocycles. The van der Waals surface area contributed by atoms with E-state index in [1.807, 2.05) is 0 Å². The third kappa shape index (κ3) is 3.49. The zero-order valence-electron chi connectivity index (χ0n) is 12.5. The topological polar surface area (TPSA) is 96.2 Å². The zero-order chi connectivity index (χ0) is 15.6. The summed E-state index contributed by atoms with van der Waals surface area (Å²) in [6, 6.07) is 1.38. The molecule has 1 rings (SSSR count). The molecule has 7 heteroatoms. The molecule has 112 valence electrons. The molecule has 3 N–H and O–H groups in total. The second-order valence-corrected chi connectivity index (χ2v) is 5.84. The van der Waals surface area contributed by atoms with Gasteiger partial charge in [-0.05, 0) is 33.8 Å². The van der Waals surface area contributed by atoms with Gasteiger partial charge in [0, 0.05) is 13.2 Å². The number of amides is 2.